The van der Waals surface area contributed by atoms with Crippen molar-refractivity contribution in [1.29, 1.82) is 0 Å². The third kappa shape index (κ3) is 6.49. The molecule has 35 heavy (non-hydrogen) atoms. The van der Waals surface area contributed by atoms with Crippen molar-refractivity contribution >= 4 is 46.7 Å². The smallest absolute Gasteiger partial charge is 0.233 e. The van der Waals surface area contributed by atoms with E-state index in [2.05, 4.69) is 19.8 Å². The molecule has 188 valence electrons. The number of benzene rings is 1. The van der Waals surface area contributed by atoms with Gasteiger partial charge in [0.25, 0.3) is 0 Å². The molecule has 0 spiro atoms. The Morgan fingerprint density at radius 2 is 1.51 bits per heavy atom. The van der Waals surface area contributed by atoms with Crippen LogP contribution in [0.5, 0.6) is 5.75 Å². The van der Waals surface area contributed by atoms with Crippen LogP contribution in [-0.2, 0) is 9.59 Å². The van der Waals surface area contributed by atoms with Crippen LogP contribution in [0.15, 0.2) is 35.5 Å². The highest BCUT2D eigenvalue weighted by molar-refractivity contribution is 7.99. The van der Waals surface area contributed by atoms with Gasteiger partial charge < -0.3 is 24.3 Å². The minimum Gasteiger partial charge on any atom is -0.497 e. The summed E-state index contributed by atoms with van der Waals surface area (Å²) in [6, 6.07) is 9.73. The number of carbonyl (C=O) groups is 2. The summed E-state index contributed by atoms with van der Waals surface area (Å²) in [5.74, 6) is 2.07. The van der Waals surface area contributed by atoms with Crippen molar-refractivity contribution in [2.45, 2.75) is 18.5 Å². The summed E-state index contributed by atoms with van der Waals surface area (Å²) < 4.78 is 5.23. The molecule has 0 unspecified atom stereocenters. The van der Waals surface area contributed by atoms with E-state index in [1.54, 1.807) is 13.2 Å². The minimum absolute atomic E-state index is 0.0706. The number of halogens is 1. The number of hydrogen-bond acceptors (Lipinski definition) is 8. The molecule has 3 heterocycles. The second kappa shape index (κ2) is 11.8. The molecule has 11 heteroatoms. The van der Waals surface area contributed by atoms with Gasteiger partial charge in [-0.3, -0.25) is 9.59 Å². The Kier molecular flexibility index (Phi) is 8.56. The third-order valence-electron chi connectivity index (χ3n) is 6.31. The van der Waals surface area contributed by atoms with Gasteiger partial charge in [-0.2, -0.15) is 0 Å². The molecule has 2 fully saturated rings. The van der Waals surface area contributed by atoms with E-state index in [1.165, 1.54) is 11.8 Å². The Balaban J connectivity index is 1.27. The largest absolute Gasteiger partial charge is 0.497 e. The van der Waals surface area contributed by atoms with E-state index in [0.717, 1.165) is 30.3 Å². The number of nitrogens with zero attached hydrogens (tertiary/aromatic N) is 6. The molecule has 0 bridgehead atoms. The molecular formula is C24H31ClN6O3S. The Hall–Kier alpha value is -2.72. The topological polar surface area (TPSA) is 82.1 Å². The number of thioether (sulfide) groups is 1. The first-order valence-corrected chi connectivity index (χ1v) is 13.2. The van der Waals surface area contributed by atoms with Crippen LogP contribution in [0.1, 0.15) is 13.3 Å². The molecular weight excluding hydrogens is 488 g/mol. The van der Waals surface area contributed by atoms with Gasteiger partial charge in [-0.25, -0.2) is 9.97 Å². The summed E-state index contributed by atoms with van der Waals surface area (Å²) in [6.45, 7) is 7.52. The van der Waals surface area contributed by atoms with Gasteiger partial charge >= 0.3 is 0 Å². The lowest BCUT2D eigenvalue weighted by Crippen LogP contribution is -2.49. The maximum atomic E-state index is 12.8. The third-order valence-corrected chi connectivity index (χ3v) is 7.34. The zero-order valence-corrected chi connectivity index (χ0v) is 21.7. The first-order chi connectivity index (χ1) is 17.0. The summed E-state index contributed by atoms with van der Waals surface area (Å²) >= 11 is 7.57. The molecule has 9 nitrogen and oxygen atoms in total. The standard InChI is InChI=1S/C24H31ClN6O3S/c1-3-22(32)30-14-10-29(11-15-30)21-16-20(25)26-24(27-21)35-17-23(33)31-12-8-28(9-13-31)18-4-6-19(34-2)7-5-18/h4-7,16H,3,8-15,17H2,1-2H3. The number of rotatable bonds is 7. The highest BCUT2D eigenvalue weighted by Gasteiger charge is 2.24. The number of anilines is 2. The minimum atomic E-state index is 0.0706. The number of aromatic nitrogens is 2. The van der Waals surface area contributed by atoms with Crippen LogP contribution in [0.3, 0.4) is 0 Å². The summed E-state index contributed by atoms with van der Waals surface area (Å²) in [7, 11) is 1.66. The van der Waals surface area contributed by atoms with E-state index < -0.39 is 0 Å². The maximum Gasteiger partial charge on any atom is 0.233 e. The highest BCUT2D eigenvalue weighted by atomic mass is 35.5. The molecule has 0 atom stereocenters. The summed E-state index contributed by atoms with van der Waals surface area (Å²) in [5.41, 5.74) is 1.13. The van der Waals surface area contributed by atoms with E-state index >= 15 is 0 Å². The molecule has 2 aliphatic rings. The normalized spacial score (nSPS) is 16.4. The Morgan fingerprint density at radius 3 is 2.11 bits per heavy atom. The van der Waals surface area contributed by atoms with E-state index in [-0.39, 0.29) is 17.6 Å². The molecule has 4 rings (SSSR count). The number of amides is 2. The van der Waals surface area contributed by atoms with Crippen molar-refractivity contribution in [3.05, 3.63) is 35.5 Å². The van der Waals surface area contributed by atoms with Crippen molar-refractivity contribution in [3.63, 3.8) is 0 Å². The first kappa shape index (κ1) is 25.4. The van der Waals surface area contributed by atoms with Gasteiger partial charge in [-0.05, 0) is 24.3 Å². The second-order valence-electron chi connectivity index (χ2n) is 8.41. The summed E-state index contributed by atoms with van der Waals surface area (Å²) in [6.07, 6.45) is 0.519. The van der Waals surface area contributed by atoms with Crippen LogP contribution in [0.25, 0.3) is 0 Å². The van der Waals surface area contributed by atoms with Crippen LogP contribution in [0.4, 0.5) is 11.5 Å². The monoisotopic (exact) mass is 518 g/mol. The van der Waals surface area contributed by atoms with Gasteiger partial charge in [0.15, 0.2) is 5.16 Å². The Labute approximate surface area is 215 Å². The zero-order chi connectivity index (χ0) is 24.8. The van der Waals surface area contributed by atoms with Crippen LogP contribution in [-0.4, -0.2) is 96.8 Å². The molecule has 2 aromatic rings. The Morgan fingerprint density at radius 1 is 0.914 bits per heavy atom. The van der Waals surface area contributed by atoms with Gasteiger partial charge in [0.2, 0.25) is 11.8 Å². The summed E-state index contributed by atoms with van der Waals surface area (Å²) in [4.78, 5) is 41.8. The predicted molar refractivity (Wildman–Crippen MR) is 139 cm³/mol. The molecule has 0 aliphatic carbocycles. The fraction of sp³-hybridized carbons (Fsp3) is 0.500. The molecule has 2 aliphatic heterocycles. The highest BCUT2D eigenvalue weighted by Crippen LogP contribution is 2.24. The quantitative estimate of drug-likeness (QED) is 0.314. The van der Waals surface area contributed by atoms with E-state index in [1.807, 2.05) is 41.0 Å². The lowest BCUT2D eigenvalue weighted by molar-refractivity contribution is -0.131. The molecule has 2 saturated heterocycles. The predicted octanol–water partition coefficient (Wildman–Crippen LogP) is 2.64. The van der Waals surface area contributed by atoms with E-state index in [9.17, 15) is 9.59 Å². The van der Waals surface area contributed by atoms with Crippen molar-refractivity contribution in [3.8, 4) is 5.75 Å². The van der Waals surface area contributed by atoms with Crippen molar-refractivity contribution < 1.29 is 14.3 Å². The number of ether oxygens (including phenoxy) is 1. The molecule has 0 N–H and O–H groups in total. The lowest BCUT2D eigenvalue weighted by Gasteiger charge is -2.36. The molecule has 2 amide bonds. The first-order valence-electron chi connectivity index (χ1n) is 11.8. The number of hydrogen-bond donors (Lipinski definition) is 0. The fourth-order valence-corrected chi connectivity index (χ4v) is 5.23. The van der Waals surface area contributed by atoms with Gasteiger partial charge in [-0.1, -0.05) is 30.3 Å². The van der Waals surface area contributed by atoms with Crippen LogP contribution in [0, 0.1) is 0 Å². The van der Waals surface area contributed by atoms with Crippen LogP contribution in [0.2, 0.25) is 5.15 Å². The molecule has 1 aromatic carbocycles. The van der Waals surface area contributed by atoms with Gasteiger partial charge in [0.05, 0.1) is 12.9 Å². The SMILES string of the molecule is CCC(=O)N1CCN(c2cc(Cl)nc(SCC(=O)N3CCN(c4ccc(OC)cc4)CC3)n2)CC1. The fourth-order valence-electron chi connectivity index (χ4n) is 4.25. The zero-order valence-electron chi connectivity index (χ0n) is 20.2. The number of piperazine rings is 2. The van der Waals surface area contributed by atoms with Crippen LogP contribution >= 0.6 is 23.4 Å². The summed E-state index contributed by atoms with van der Waals surface area (Å²) in [5, 5.41) is 0.843. The van der Waals surface area contributed by atoms with Gasteiger partial charge in [0, 0.05) is 70.5 Å². The molecule has 0 saturated carbocycles. The molecule has 0 radical (unpaired) electrons. The Bertz CT molecular complexity index is 1020. The van der Waals surface area contributed by atoms with Gasteiger partial charge in [-0.15, -0.1) is 0 Å². The molecule has 1 aromatic heterocycles. The lowest BCUT2D eigenvalue weighted by atomic mass is 10.2. The van der Waals surface area contributed by atoms with E-state index in [0.29, 0.717) is 56.0 Å². The number of methoxy groups -OCH3 is 1. The number of carbonyl (C=O) groups excluding carboxylic acids is 2. The van der Waals surface area contributed by atoms with Crippen molar-refractivity contribution in [1.82, 2.24) is 19.8 Å². The average molecular weight is 519 g/mol. The average Bonchev–Trinajstić information content (AvgIpc) is 2.91. The van der Waals surface area contributed by atoms with Crippen molar-refractivity contribution in [2.75, 3.05) is 75.0 Å². The van der Waals surface area contributed by atoms with Crippen molar-refractivity contribution in [2.24, 2.45) is 0 Å². The van der Waals surface area contributed by atoms with E-state index in [4.69, 9.17) is 16.3 Å². The second-order valence-corrected chi connectivity index (χ2v) is 9.74. The maximum absolute atomic E-state index is 12.8. The van der Waals surface area contributed by atoms with Gasteiger partial charge in [0.1, 0.15) is 16.7 Å². The van der Waals surface area contributed by atoms with Crippen LogP contribution < -0.4 is 14.5 Å².